The summed E-state index contributed by atoms with van der Waals surface area (Å²) in [6, 6.07) is 8.57. The summed E-state index contributed by atoms with van der Waals surface area (Å²) in [4.78, 5) is 26.2. The SMILES string of the molecule is Cn1cc(-c2cc(NC(=O)c3cc(F)cc(C(F)(F)F)c3)c3c(c2)C(=O)NC3c2cc(F)ccc2Cl)c(C#N)n1. The molecule has 0 saturated carbocycles. The predicted molar refractivity (Wildman–Crippen MR) is 133 cm³/mol. The van der Waals surface area contributed by atoms with Gasteiger partial charge in [0.05, 0.1) is 11.6 Å². The molecule has 0 fully saturated rings. The lowest BCUT2D eigenvalue weighted by Crippen LogP contribution is -2.21. The van der Waals surface area contributed by atoms with E-state index in [1.807, 2.05) is 6.07 Å². The van der Waals surface area contributed by atoms with Crippen molar-refractivity contribution in [3.8, 4) is 17.2 Å². The van der Waals surface area contributed by atoms with Crippen LogP contribution < -0.4 is 10.6 Å². The van der Waals surface area contributed by atoms with Gasteiger partial charge in [0.25, 0.3) is 11.8 Å². The molecule has 1 aromatic heterocycles. The first-order valence-corrected chi connectivity index (χ1v) is 11.8. The zero-order valence-electron chi connectivity index (χ0n) is 20.2. The molecule has 0 aliphatic carbocycles. The van der Waals surface area contributed by atoms with Crippen LogP contribution in [0.25, 0.3) is 11.1 Å². The van der Waals surface area contributed by atoms with Gasteiger partial charge in [-0.25, -0.2) is 8.78 Å². The molecule has 2 heterocycles. The zero-order valence-corrected chi connectivity index (χ0v) is 21.0. The van der Waals surface area contributed by atoms with Crippen molar-refractivity contribution in [2.75, 3.05) is 5.32 Å². The van der Waals surface area contributed by atoms with E-state index >= 15 is 0 Å². The van der Waals surface area contributed by atoms with Gasteiger partial charge in [-0.3, -0.25) is 14.3 Å². The summed E-state index contributed by atoms with van der Waals surface area (Å²) >= 11 is 6.29. The number of alkyl halides is 3. The molecular weight excluding hydrogens is 557 g/mol. The molecule has 4 aromatic rings. The summed E-state index contributed by atoms with van der Waals surface area (Å²) in [6.45, 7) is 0. The van der Waals surface area contributed by atoms with E-state index in [2.05, 4.69) is 15.7 Å². The number of aryl methyl sites for hydroxylation is 1. The lowest BCUT2D eigenvalue weighted by Gasteiger charge is -2.19. The van der Waals surface area contributed by atoms with Crippen molar-refractivity contribution in [1.29, 1.82) is 5.26 Å². The van der Waals surface area contributed by atoms with Gasteiger partial charge in [0, 0.05) is 51.8 Å². The van der Waals surface area contributed by atoms with E-state index in [0.717, 1.165) is 12.1 Å². The van der Waals surface area contributed by atoms with Gasteiger partial charge in [-0.15, -0.1) is 0 Å². The Hall–Kier alpha value is -4.76. The number of hydrogen-bond donors (Lipinski definition) is 2. The number of nitrogens with zero attached hydrogens (tertiary/aromatic N) is 3. The highest BCUT2D eigenvalue weighted by atomic mass is 35.5. The summed E-state index contributed by atoms with van der Waals surface area (Å²) in [5, 5.41) is 18.8. The number of fused-ring (bicyclic) bond motifs is 1. The molecule has 0 saturated heterocycles. The summed E-state index contributed by atoms with van der Waals surface area (Å²) in [5.74, 6) is -3.67. The van der Waals surface area contributed by atoms with Gasteiger partial charge in [0.2, 0.25) is 0 Å². The number of aromatic nitrogens is 2. The number of halogens is 6. The summed E-state index contributed by atoms with van der Waals surface area (Å²) < 4.78 is 69.3. The maximum Gasteiger partial charge on any atom is 0.416 e. The van der Waals surface area contributed by atoms with Gasteiger partial charge < -0.3 is 10.6 Å². The fraction of sp³-hybridized carbons (Fsp3) is 0.111. The highest BCUT2D eigenvalue weighted by molar-refractivity contribution is 6.31. The third-order valence-electron chi connectivity index (χ3n) is 6.24. The average Bonchev–Trinajstić information content (AvgIpc) is 3.44. The third kappa shape index (κ3) is 4.87. The number of rotatable bonds is 4. The second-order valence-corrected chi connectivity index (χ2v) is 9.32. The average molecular weight is 572 g/mol. The van der Waals surface area contributed by atoms with Crippen LogP contribution in [0.3, 0.4) is 0 Å². The predicted octanol–water partition coefficient (Wildman–Crippen LogP) is 5.99. The molecule has 3 aromatic carbocycles. The van der Waals surface area contributed by atoms with Crippen LogP contribution in [0.15, 0.2) is 54.7 Å². The Labute approximate surface area is 227 Å². The molecule has 1 unspecified atom stereocenters. The van der Waals surface area contributed by atoms with Crippen molar-refractivity contribution >= 4 is 29.1 Å². The van der Waals surface area contributed by atoms with Crippen LogP contribution in [0, 0.1) is 23.0 Å². The van der Waals surface area contributed by atoms with Crippen molar-refractivity contribution in [3.05, 3.63) is 105 Å². The Morgan fingerprint density at radius 1 is 1.10 bits per heavy atom. The van der Waals surface area contributed by atoms with Crippen molar-refractivity contribution in [1.82, 2.24) is 15.1 Å². The maximum atomic E-state index is 14.1. The van der Waals surface area contributed by atoms with Crippen LogP contribution in [0.4, 0.5) is 27.6 Å². The highest BCUT2D eigenvalue weighted by Crippen LogP contribution is 2.42. The monoisotopic (exact) mass is 571 g/mol. The summed E-state index contributed by atoms with van der Waals surface area (Å²) in [7, 11) is 1.57. The minimum atomic E-state index is -4.91. The van der Waals surface area contributed by atoms with Crippen LogP contribution in [-0.4, -0.2) is 21.6 Å². The van der Waals surface area contributed by atoms with Crippen molar-refractivity contribution < 1.29 is 31.5 Å². The lowest BCUT2D eigenvalue weighted by molar-refractivity contribution is -0.137. The molecule has 2 amide bonds. The Kier molecular flexibility index (Phi) is 6.55. The Morgan fingerprint density at radius 2 is 1.85 bits per heavy atom. The first-order chi connectivity index (χ1) is 18.8. The Bertz CT molecular complexity index is 1760. The third-order valence-corrected chi connectivity index (χ3v) is 6.58. The van der Waals surface area contributed by atoms with Crippen molar-refractivity contribution in [3.63, 3.8) is 0 Å². The molecule has 2 N–H and O–H groups in total. The molecule has 0 bridgehead atoms. The minimum absolute atomic E-state index is 0.00260. The van der Waals surface area contributed by atoms with Crippen LogP contribution >= 0.6 is 11.6 Å². The number of carbonyl (C=O) groups excluding carboxylic acids is 2. The van der Waals surface area contributed by atoms with E-state index in [4.69, 9.17) is 11.6 Å². The van der Waals surface area contributed by atoms with Crippen LogP contribution in [0.1, 0.15) is 49.1 Å². The highest BCUT2D eigenvalue weighted by Gasteiger charge is 2.36. The number of nitrogens with one attached hydrogen (secondary N) is 2. The molecule has 1 aliphatic heterocycles. The zero-order chi connectivity index (χ0) is 28.9. The second-order valence-electron chi connectivity index (χ2n) is 8.91. The fourth-order valence-electron chi connectivity index (χ4n) is 4.52. The largest absolute Gasteiger partial charge is 0.416 e. The van der Waals surface area contributed by atoms with Gasteiger partial charge in [0.15, 0.2) is 5.69 Å². The molecule has 13 heteroatoms. The molecule has 1 atom stereocenters. The second kappa shape index (κ2) is 9.77. The number of benzene rings is 3. The van der Waals surface area contributed by atoms with Gasteiger partial charge in [-0.05, 0) is 54.1 Å². The lowest BCUT2D eigenvalue weighted by atomic mass is 9.92. The number of hydrogen-bond acceptors (Lipinski definition) is 4. The quantitative estimate of drug-likeness (QED) is 0.294. The number of nitriles is 1. The minimum Gasteiger partial charge on any atom is -0.341 e. The van der Waals surface area contributed by atoms with E-state index in [1.165, 1.54) is 29.1 Å². The van der Waals surface area contributed by atoms with E-state index in [9.17, 15) is 36.8 Å². The van der Waals surface area contributed by atoms with Crippen molar-refractivity contribution in [2.45, 2.75) is 12.2 Å². The topological polar surface area (TPSA) is 99.8 Å². The van der Waals surface area contributed by atoms with Crippen LogP contribution in [0.2, 0.25) is 5.02 Å². The van der Waals surface area contributed by atoms with Crippen LogP contribution in [-0.2, 0) is 13.2 Å². The van der Waals surface area contributed by atoms with E-state index in [0.29, 0.717) is 17.7 Å². The number of anilines is 1. The first-order valence-electron chi connectivity index (χ1n) is 11.4. The summed E-state index contributed by atoms with van der Waals surface area (Å²) in [5.41, 5.74) is -1.17. The molecule has 40 heavy (non-hydrogen) atoms. The van der Waals surface area contributed by atoms with Crippen molar-refractivity contribution in [2.24, 2.45) is 7.05 Å². The number of carbonyl (C=O) groups is 2. The van der Waals surface area contributed by atoms with Gasteiger partial charge in [-0.1, -0.05) is 11.6 Å². The smallest absolute Gasteiger partial charge is 0.341 e. The van der Waals surface area contributed by atoms with Crippen LogP contribution in [0.5, 0.6) is 0 Å². The molecule has 7 nitrogen and oxygen atoms in total. The number of amides is 2. The molecule has 0 spiro atoms. The molecular formula is C27H15ClF5N5O2. The standard InChI is InChI=1S/C27H15ClF5N5O2/c1-38-11-19(22(10-34)37-38)12-6-18-23(24(36-26(18)40)17-9-15(29)2-3-20(17)28)21(7-12)35-25(39)13-4-14(27(31,32)33)8-16(30)5-13/h2-9,11,24H,1H3,(H,35,39)(H,36,40). The van der Waals surface area contributed by atoms with E-state index in [-0.39, 0.29) is 44.7 Å². The molecule has 202 valence electrons. The first kappa shape index (κ1) is 26.8. The van der Waals surface area contributed by atoms with Gasteiger partial charge in [-0.2, -0.15) is 23.5 Å². The Morgan fingerprint density at radius 3 is 2.55 bits per heavy atom. The normalized spacial score (nSPS) is 14.4. The van der Waals surface area contributed by atoms with Gasteiger partial charge >= 0.3 is 6.18 Å². The maximum absolute atomic E-state index is 14.1. The Balaban J connectivity index is 1.69. The fourth-order valence-corrected chi connectivity index (χ4v) is 4.75. The van der Waals surface area contributed by atoms with E-state index in [1.54, 1.807) is 7.05 Å². The van der Waals surface area contributed by atoms with E-state index < -0.39 is 46.8 Å². The molecule has 1 aliphatic rings. The van der Waals surface area contributed by atoms with Gasteiger partial charge in [0.1, 0.15) is 17.7 Å². The molecule has 0 radical (unpaired) electrons. The summed E-state index contributed by atoms with van der Waals surface area (Å²) in [6.07, 6.45) is -3.41. The molecule has 5 rings (SSSR count).